The topological polar surface area (TPSA) is 78.7 Å². The molecule has 3 aromatic carbocycles. The van der Waals surface area contributed by atoms with Crippen molar-refractivity contribution in [1.29, 1.82) is 0 Å². The van der Waals surface area contributed by atoms with E-state index >= 15 is 0 Å². The molecule has 0 unspecified atom stereocenters. The van der Waals surface area contributed by atoms with Crippen molar-refractivity contribution in [2.75, 3.05) is 14.2 Å². The second-order valence-corrected chi connectivity index (χ2v) is 7.58. The smallest absolute Gasteiger partial charge is 0.360 e. The van der Waals surface area contributed by atoms with E-state index in [1.807, 2.05) is 81.4 Å². The first-order valence-electron chi connectivity index (χ1n) is 10.7. The summed E-state index contributed by atoms with van der Waals surface area (Å²) in [5.74, 6) is 0.813. The lowest BCUT2D eigenvalue weighted by Crippen LogP contribution is -2.20. The molecule has 7 nitrogen and oxygen atoms in total. The van der Waals surface area contributed by atoms with Crippen LogP contribution in [-0.2, 0) is 25.8 Å². The van der Waals surface area contributed by atoms with Crippen LogP contribution >= 0.6 is 0 Å². The van der Waals surface area contributed by atoms with E-state index in [0.29, 0.717) is 17.0 Å². The van der Waals surface area contributed by atoms with Crippen LogP contribution in [0.5, 0.6) is 11.5 Å². The second kappa shape index (κ2) is 11.7. The van der Waals surface area contributed by atoms with Gasteiger partial charge < -0.3 is 19.1 Å². The third-order valence-corrected chi connectivity index (χ3v) is 5.16. The molecule has 0 bridgehead atoms. The Morgan fingerprint density at radius 1 is 0.853 bits per heavy atom. The summed E-state index contributed by atoms with van der Waals surface area (Å²) in [4.78, 5) is 22.8. The molecule has 7 heteroatoms. The molecule has 176 valence electrons. The predicted octanol–water partition coefficient (Wildman–Crippen LogP) is 5.56. The van der Waals surface area contributed by atoms with Gasteiger partial charge in [-0.05, 0) is 50.6 Å². The normalized spacial score (nSPS) is 11.7. The molecule has 0 saturated carbocycles. The number of para-hydroxylation sites is 1. The largest absolute Gasteiger partial charge is 0.464 e. The Balaban J connectivity index is 1.82. The number of hydrogen-bond donors (Lipinski definition) is 0. The number of methoxy groups -OCH3 is 1. The molecule has 0 heterocycles. The summed E-state index contributed by atoms with van der Waals surface area (Å²) >= 11 is 0. The van der Waals surface area contributed by atoms with Crippen LogP contribution in [-0.4, -0.2) is 31.6 Å². The van der Waals surface area contributed by atoms with Crippen molar-refractivity contribution >= 4 is 17.4 Å². The Bertz CT molecular complexity index is 1200. The lowest BCUT2D eigenvalue weighted by Gasteiger charge is -2.13. The van der Waals surface area contributed by atoms with Gasteiger partial charge in [-0.3, -0.25) is 0 Å². The Morgan fingerprint density at radius 3 is 2.26 bits per heavy atom. The molecule has 3 aromatic rings. The Morgan fingerprint density at radius 2 is 1.56 bits per heavy atom. The van der Waals surface area contributed by atoms with Gasteiger partial charge in [0.25, 0.3) is 0 Å². The lowest BCUT2D eigenvalue weighted by molar-refractivity contribution is -0.132. The van der Waals surface area contributed by atoms with E-state index in [4.69, 9.17) is 19.1 Å². The molecule has 0 radical (unpaired) electrons. The number of benzene rings is 3. The fourth-order valence-electron chi connectivity index (χ4n) is 3.33. The Kier molecular flexibility index (Phi) is 8.40. The fraction of sp³-hybridized carbons (Fsp3) is 0.222. The summed E-state index contributed by atoms with van der Waals surface area (Å²) < 4.78 is 10.9. The highest BCUT2D eigenvalue weighted by molar-refractivity contribution is 6.43. The maximum Gasteiger partial charge on any atom is 0.360 e. The zero-order chi connectivity index (χ0) is 24.5. The highest BCUT2D eigenvalue weighted by Crippen LogP contribution is 2.26. The van der Waals surface area contributed by atoms with Gasteiger partial charge in [0, 0.05) is 16.7 Å². The van der Waals surface area contributed by atoms with Crippen LogP contribution in [0.1, 0.15) is 34.7 Å². The number of carbonyl (C=O) groups is 1. The zero-order valence-corrected chi connectivity index (χ0v) is 20.0. The second-order valence-electron chi connectivity index (χ2n) is 7.58. The van der Waals surface area contributed by atoms with E-state index in [-0.39, 0.29) is 12.3 Å². The van der Waals surface area contributed by atoms with E-state index in [2.05, 4.69) is 10.3 Å². The number of aryl methyl sites for hydroxylation is 2. The van der Waals surface area contributed by atoms with Crippen LogP contribution in [0.25, 0.3) is 0 Å². The summed E-state index contributed by atoms with van der Waals surface area (Å²) in [6.45, 7) is 5.93. The fourth-order valence-corrected chi connectivity index (χ4v) is 3.33. The predicted molar refractivity (Wildman–Crippen MR) is 131 cm³/mol. The van der Waals surface area contributed by atoms with Crippen molar-refractivity contribution in [3.8, 4) is 11.5 Å². The molecular formula is C27H28N2O5. The Hall–Kier alpha value is -4.13. The van der Waals surface area contributed by atoms with Crippen LogP contribution in [0, 0.1) is 13.8 Å². The zero-order valence-electron chi connectivity index (χ0n) is 20.0. The van der Waals surface area contributed by atoms with Gasteiger partial charge >= 0.3 is 5.97 Å². The van der Waals surface area contributed by atoms with Gasteiger partial charge in [-0.25, -0.2) is 4.79 Å². The third kappa shape index (κ3) is 6.01. The van der Waals surface area contributed by atoms with Crippen LogP contribution < -0.4 is 4.74 Å². The van der Waals surface area contributed by atoms with E-state index in [9.17, 15) is 4.79 Å². The number of esters is 1. The number of nitrogens with zero attached hydrogens (tertiary/aromatic N) is 2. The van der Waals surface area contributed by atoms with E-state index in [0.717, 1.165) is 28.0 Å². The summed E-state index contributed by atoms with van der Waals surface area (Å²) in [6.07, 6.45) is 0. The number of hydrogen-bond acceptors (Lipinski definition) is 7. The van der Waals surface area contributed by atoms with E-state index in [1.54, 1.807) is 6.07 Å². The van der Waals surface area contributed by atoms with Gasteiger partial charge in [0.15, 0.2) is 5.71 Å². The minimum absolute atomic E-state index is 0.0600. The minimum Gasteiger partial charge on any atom is -0.464 e. The van der Waals surface area contributed by atoms with Crippen LogP contribution in [0.3, 0.4) is 0 Å². The maximum atomic E-state index is 12.2. The van der Waals surface area contributed by atoms with Crippen molar-refractivity contribution in [3.63, 3.8) is 0 Å². The SMILES string of the molecule is CO/N=C(/C(=O)OC)c1cccc(C)c1CO/N=C(\C)c1ccccc1Oc1ccc(C)cc1. The van der Waals surface area contributed by atoms with Gasteiger partial charge in [-0.15, -0.1) is 0 Å². The van der Waals surface area contributed by atoms with Crippen molar-refractivity contribution in [1.82, 2.24) is 0 Å². The molecule has 0 aliphatic carbocycles. The summed E-state index contributed by atoms with van der Waals surface area (Å²) in [6, 6.07) is 21.0. The molecule has 0 N–H and O–H groups in total. The van der Waals surface area contributed by atoms with Crippen molar-refractivity contribution < 1.29 is 23.9 Å². The highest BCUT2D eigenvalue weighted by Gasteiger charge is 2.20. The monoisotopic (exact) mass is 460 g/mol. The van der Waals surface area contributed by atoms with Gasteiger partial charge in [0.2, 0.25) is 0 Å². The molecule has 0 aliphatic rings. The van der Waals surface area contributed by atoms with Gasteiger partial charge in [-0.1, -0.05) is 58.3 Å². The van der Waals surface area contributed by atoms with Crippen LogP contribution in [0.15, 0.2) is 77.0 Å². The highest BCUT2D eigenvalue weighted by atomic mass is 16.6. The van der Waals surface area contributed by atoms with Gasteiger partial charge in [-0.2, -0.15) is 0 Å². The van der Waals surface area contributed by atoms with E-state index < -0.39 is 5.97 Å². The molecule has 0 spiro atoms. The number of carbonyl (C=O) groups excluding carboxylic acids is 1. The molecule has 0 aromatic heterocycles. The molecule has 0 aliphatic heterocycles. The molecule has 0 saturated heterocycles. The van der Waals surface area contributed by atoms with Crippen molar-refractivity contribution in [2.45, 2.75) is 27.4 Å². The molecule has 3 rings (SSSR count). The van der Waals surface area contributed by atoms with Crippen LogP contribution in [0.2, 0.25) is 0 Å². The summed E-state index contributed by atoms with van der Waals surface area (Å²) in [5.41, 5.74) is 4.91. The first-order chi connectivity index (χ1) is 16.4. The quantitative estimate of drug-likeness (QED) is 0.237. The maximum absolute atomic E-state index is 12.2. The molecule has 0 fully saturated rings. The number of rotatable bonds is 9. The van der Waals surface area contributed by atoms with E-state index in [1.165, 1.54) is 14.2 Å². The lowest BCUT2D eigenvalue weighted by atomic mass is 9.99. The molecule has 34 heavy (non-hydrogen) atoms. The first-order valence-corrected chi connectivity index (χ1v) is 10.7. The minimum atomic E-state index is -0.601. The Labute approximate surface area is 199 Å². The number of ether oxygens (including phenoxy) is 2. The average Bonchev–Trinajstić information content (AvgIpc) is 2.85. The number of oxime groups is 2. The van der Waals surface area contributed by atoms with Gasteiger partial charge in [0.1, 0.15) is 25.2 Å². The third-order valence-electron chi connectivity index (χ3n) is 5.16. The van der Waals surface area contributed by atoms with Crippen LogP contribution in [0.4, 0.5) is 0 Å². The summed E-state index contributed by atoms with van der Waals surface area (Å²) in [7, 11) is 2.67. The summed E-state index contributed by atoms with van der Waals surface area (Å²) in [5, 5.41) is 8.16. The molecular weight excluding hydrogens is 432 g/mol. The molecule has 0 atom stereocenters. The first kappa shape index (κ1) is 24.5. The van der Waals surface area contributed by atoms with Gasteiger partial charge in [0.05, 0.1) is 12.8 Å². The van der Waals surface area contributed by atoms with Crippen molar-refractivity contribution in [3.05, 3.63) is 94.5 Å². The van der Waals surface area contributed by atoms with Crippen molar-refractivity contribution in [2.24, 2.45) is 10.3 Å². The standard InChI is InChI=1S/C27H28N2O5/c1-18-13-15-21(16-14-18)34-25-12-7-6-10-22(25)20(3)28-33-17-24-19(2)9-8-11-23(24)26(29-32-5)27(30)31-4/h6-16H,17H2,1-5H3/b28-20+,29-26+. The average molecular weight is 461 g/mol. The molecule has 0 amide bonds.